The quantitative estimate of drug-likeness (QED) is 0.350. The molecule has 1 aromatic heterocycles. The fraction of sp³-hybridized carbons (Fsp3) is 0.294. The van der Waals surface area contributed by atoms with Crippen molar-refractivity contribution in [3.05, 3.63) is 53.0 Å². The zero-order valence-electron chi connectivity index (χ0n) is 14.5. The summed E-state index contributed by atoms with van der Waals surface area (Å²) in [5, 5.41) is 6.31. The van der Waals surface area contributed by atoms with Gasteiger partial charge in [0.2, 0.25) is 0 Å². The van der Waals surface area contributed by atoms with Gasteiger partial charge in [0.05, 0.1) is 13.7 Å². The van der Waals surface area contributed by atoms with E-state index in [2.05, 4.69) is 15.6 Å². The van der Waals surface area contributed by atoms with Crippen LogP contribution < -0.4 is 21.1 Å². The highest BCUT2D eigenvalue weighted by Gasteiger charge is 2.08. The van der Waals surface area contributed by atoms with Crippen molar-refractivity contribution in [3.8, 4) is 5.75 Å². The number of methoxy groups -OCH3 is 1. The number of nitrogens with one attached hydrogen (secondary N) is 2. The Morgan fingerprint density at radius 3 is 2.56 bits per heavy atom. The van der Waals surface area contributed by atoms with Crippen LogP contribution in [-0.4, -0.2) is 26.0 Å². The van der Waals surface area contributed by atoms with Gasteiger partial charge in [-0.3, -0.25) is 9.79 Å². The van der Waals surface area contributed by atoms with Gasteiger partial charge in [0.15, 0.2) is 11.7 Å². The van der Waals surface area contributed by atoms with Crippen molar-refractivity contribution >= 4 is 35.8 Å². The molecule has 0 spiro atoms. The number of furan rings is 1. The molecule has 0 aliphatic heterocycles. The van der Waals surface area contributed by atoms with Gasteiger partial charge in [-0.1, -0.05) is 12.1 Å². The van der Waals surface area contributed by atoms with Gasteiger partial charge in [0.25, 0.3) is 5.91 Å². The molecule has 0 aliphatic carbocycles. The summed E-state index contributed by atoms with van der Waals surface area (Å²) in [5.41, 5.74) is 7.33. The van der Waals surface area contributed by atoms with E-state index in [-0.39, 0.29) is 29.7 Å². The van der Waals surface area contributed by atoms with Gasteiger partial charge < -0.3 is 25.5 Å². The van der Waals surface area contributed by atoms with Crippen LogP contribution in [0.25, 0.3) is 0 Å². The van der Waals surface area contributed by atoms with Crippen molar-refractivity contribution in [1.82, 2.24) is 10.6 Å². The van der Waals surface area contributed by atoms with Crippen LogP contribution in [0.5, 0.6) is 5.75 Å². The lowest BCUT2D eigenvalue weighted by Crippen LogP contribution is -2.36. The van der Waals surface area contributed by atoms with Crippen LogP contribution in [0.3, 0.4) is 0 Å². The summed E-state index contributed by atoms with van der Waals surface area (Å²) in [7, 11) is 3.33. The fourth-order valence-electron chi connectivity index (χ4n) is 2.17. The highest BCUT2D eigenvalue weighted by atomic mass is 127. The van der Waals surface area contributed by atoms with E-state index >= 15 is 0 Å². The Bertz CT molecular complexity index is 743. The number of primary amides is 1. The first-order chi connectivity index (χ1) is 11.5. The second kappa shape index (κ2) is 9.92. The molecule has 25 heavy (non-hydrogen) atoms. The lowest BCUT2D eigenvalue weighted by Gasteiger charge is -2.13. The van der Waals surface area contributed by atoms with E-state index in [1.54, 1.807) is 26.3 Å². The molecule has 2 rings (SSSR count). The van der Waals surface area contributed by atoms with E-state index in [4.69, 9.17) is 14.9 Å². The third-order valence-electron chi connectivity index (χ3n) is 3.45. The monoisotopic (exact) mass is 458 g/mol. The van der Waals surface area contributed by atoms with Crippen molar-refractivity contribution in [3.63, 3.8) is 0 Å². The number of hydrogen-bond donors (Lipinski definition) is 3. The maximum atomic E-state index is 11.0. The smallest absolute Gasteiger partial charge is 0.284 e. The Labute approximate surface area is 164 Å². The van der Waals surface area contributed by atoms with Crippen molar-refractivity contribution in [2.24, 2.45) is 10.7 Å². The summed E-state index contributed by atoms with van der Waals surface area (Å²) < 4.78 is 10.7. The molecular weight excluding hydrogens is 435 g/mol. The number of carbonyl (C=O) groups excluding carboxylic acids is 1. The number of nitrogens with two attached hydrogens (primary N) is 1. The summed E-state index contributed by atoms with van der Waals surface area (Å²) in [6, 6.07) is 9.28. The zero-order chi connectivity index (χ0) is 17.5. The summed E-state index contributed by atoms with van der Waals surface area (Å²) >= 11 is 0. The Balaban J connectivity index is 0.00000312. The number of amides is 1. The number of ether oxygens (including phenoxy) is 1. The van der Waals surface area contributed by atoms with Gasteiger partial charge >= 0.3 is 0 Å². The van der Waals surface area contributed by atoms with Gasteiger partial charge in [-0.2, -0.15) is 0 Å². The van der Waals surface area contributed by atoms with Crippen molar-refractivity contribution in [2.45, 2.75) is 20.0 Å². The first-order valence-electron chi connectivity index (χ1n) is 7.50. The number of hydrogen-bond acceptors (Lipinski definition) is 4. The van der Waals surface area contributed by atoms with Crippen LogP contribution in [0, 0.1) is 6.92 Å². The minimum absolute atomic E-state index is 0. The molecular formula is C17H23IN4O3. The highest BCUT2D eigenvalue weighted by Crippen LogP contribution is 2.19. The lowest BCUT2D eigenvalue weighted by atomic mass is 10.1. The van der Waals surface area contributed by atoms with Gasteiger partial charge in [-0.15, -0.1) is 24.0 Å². The van der Waals surface area contributed by atoms with Crippen LogP contribution in [-0.2, 0) is 13.1 Å². The molecule has 0 fully saturated rings. The Morgan fingerprint density at radius 2 is 1.96 bits per heavy atom. The summed E-state index contributed by atoms with van der Waals surface area (Å²) in [5.74, 6) is 1.58. The minimum atomic E-state index is -0.588. The van der Waals surface area contributed by atoms with Gasteiger partial charge in [0.1, 0.15) is 11.5 Å². The van der Waals surface area contributed by atoms with Gasteiger partial charge in [0, 0.05) is 19.2 Å². The topological polar surface area (TPSA) is 102 Å². The Kier molecular flexibility index (Phi) is 8.26. The van der Waals surface area contributed by atoms with E-state index in [0.717, 1.165) is 16.9 Å². The van der Waals surface area contributed by atoms with Crippen molar-refractivity contribution in [1.29, 1.82) is 0 Å². The van der Waals surface area contributed by atoms with Gasteiger partial charge in [-0.25, -0.2) is 0 Å². The molecule has 2 aromatic rings. The highest BCUT2D eigenvalue weighted by molar-refractivity contribution is 14.0. The molecule has 0 saturated carbocycles. The molecule has 0 radical (unpaired) electrons. The predicted molar refractivity (Wildman–Crippen MR) is 107 cm³/mol. The molecule has 4 N–H and O–H groups in total. The van der Waals surface area contributed by atoms with Crippen LogP contribution in [0.1, 0.15) is 27.4 Å². The second-order valence-electron chi connectivity index (χ2n) is 5.22. The van der Waals surface area contributed by atoms with E-state index in [9.17, 15) is 4.79 Å². The number of aliphatic imine (C=N–C) groups is 1. The number of guanidine groups is 1. The average molecular weight is 458 g/mol. The maximum absolute atomic E-state index is 11.0. The standard InChI is InChI=1S/C17H22N4O3.HI/c1-11-4-5-12(15(8-11)23-3)9-20-17(19-2)21-10-13-6-7-14(24-13)16(18)22;/h4-8H,9-10H2,1-3H3,(H2,18,22)(H2,19,20,21);1H. The number of rotatable bonds is 6. The van der Waals surface area contributed by atoms with E-state index in [0.29, 0.717) is 24.8 Å². The maximum Gasteiger partial charge on any atom is 0.284 e. The second-order valence-corrected chi connectivity index (χ2v) is 5.22. The summed E-state index contributed by atoms with van der Waals surface area (Å²) in [6.07, 6.45) is 0. The normalized spacial score (nSPS) is 10.8. The molecule has 0 atom stereocenters. The number of benzene rings is 1. The van der Waals surface area contributed by atoms with E-state index < -0.39 is 5.91 Å². The van der Waals surface area contributed by atoms with E-state index in [1.807, 2.05) is 25.1 Å². The fourth-order valence-corrected chi connectivity index (χ4v) is 2.17. The van der Waals surface area contributed by atoms with Crippen molar-refractivity contribution in [2.75, 3.05) is 14.2 Å². The number of carbonyl (C=O) groups is 1. The lowest BCUT2D eigenvalue weighted by molar-refractivity contribution is 0.0972. The minimum Gasteiger partial charge on any atom is -0.496 e. The molecule has 1 aromatic carbocycles. The summed E-state index contributed by atoms with van der Waals surface area (Å²) in [6.45, 7) is 2.97. The predicted octanol–water partition coefficient (Wildman–Crippen LogP) is 2.18. The number of nitrogens with zero attached hydrogens (tertiary/aromatic N) is 1. The molecule has 7 nitrogen and oxygen atoms in total. The average Bonchev–Trinajstić information content (AvgIpc) is 3.05. The first-order valence-corrected chi connectivity index (χ1v) is 7.50. The molecule has 136 valence electrons. The van der Waals surface area contributed by atoms with Gasteiger partial charge in [-0.05, 0) is 30.7 Å². The third kappa shape index (κ3) is 5.96. The number of aryl methyl sites for hydroxylation is 1. The molecule has 0 aliphatic rings. The molecule has 8 heteroatoms. The molecule has 0 unspecified atom stereocenters. The van der Waals surface area contributed by atoms with Crippen LogP contribution in [0.15, 0.2) is 39.7 Å². The summed E-state index contributed by atoms with van der Waals surface area (Å²) in [4.78, 5) is 15.2. The Morgan fingerprint density at radius 1 is 1.24 bits per heavy atom. The van der Waals surface area contributed by atoms with Crippen LogP contribution >= 0.6 is 24.0 Å². The number of halogens is 1. The third-order valence-corrected chi connectivity index (χ3v) is 3.45. The van der Waals surface area contributed by atoms with Crippen LogP contribution in [0.4, 0.5) is 0 Å². The molecule has 1 amide bonds. The van der Waals surface area contributed by atoms with Crippen molar-refractivity contribution < 1.29 is 13.9 Å². The zero-order valence-corrected chi connectivity index (χ0v) is 16.8. The van der Waals surface area contributed by atoms with Crippen LogP contribution in [0.2, 0.25) is 0 Å². The SMILES string of the molecule is CN=C(NCc1ccc(C(N)=O)o1)NCc1ccc(C)cc1OC.I. The Hall–Kier alpha value is -2.23. The van der Waals surface area contributed by atoms with E-state index in [1.165, 1.54) is 0 Å². The largest absolute Gasteiger partial charge is 0.496 e. The molecule has 0 saturated heterocycles. The molecule has 0 bridgehead atoms. The molecule has 1 heterocycles. The first kappa shape index (κ1) is 20.8.